The van der Waals surface area contributed by atoms with Crippen LogP contribution < -0.4 is 24.0 Å². The van der Waals surface area contributed by atoms with Gasteiger partial charge in [0, 0.05) is 0 Å². The molecule has 0 radical (unpaired) electrons. The summed E-state index contributed by atoms with van der Waals surface area (Å²) in [5.74, 6) is 2.14. The summed E-state index contributed by atoms with van der Waals surface area (Å²) in [6.45, 7) is 0. The van der Waals surface area contributed by atoms with E-state index in [1.165, 1.54) is 0 Å². The number of rotatable bonds is 4. The van der Waals surface area contributed by atoms with Crippen molar-refractivity contribution in [2.45, 2.75) is 0 Å². The quantitative estimate of drug-likeness (QED) is 0.213. The van der Waals surface area contributed by atoms with Gasteiger partial charge in [0.15, 0.2) is 0 Å². The van der Waals surface area contributed by atoms with Crippen molar-refractivity contribution in [2.75, 3.05) is 7.11 Å². The van der Waals surface area contributed by atoms with Gasteiger partial charge in [0.1, 0.15) is 0 Å². The second kappa shape index (κ2) is 8.68. The molecule has 6 aromatic rings. The van der Waals surface area contributed by atoms with Gasteiger partial charge in [0.25, 0.3) is 0 Å². The van der Waals surface area contributed by atoms with E-state index < -0.39 is 7.44 Å². The number of hydrogen-bond acceptors (Lipinski definition) is 3. The monoisotopic (exact) mass is 602 g/mol. The molecule has 0 bridgehead atoms. The van der Waals surface area contributed by atoms with E-state index in [4.69, 9.17) is 13.6 Å². The molecule has 45 heavy (non-hydrogen) atoms. The van der Waals surface area contributed by atoms with E-state index in [9.17, 15) is 0 Å². The van der Waals surface area contributed by atoms with E-state index >= 15 is 0 Å². The third-order valence-corrected chi connectivity index (χ3v) is 17.4. The van der Waals surface area contributed by atoms with E-state index in [0.717, 1.165) is 49.9 Å². The summed E-state index contributed by atoms with van der Waals surface area (Å²) in [4.78, 5) is 0. The van der Waals surface area contributed by atoms with Crippen molar-refractivity contribution in [3.63, 3.8) is 0 Å². The fraction of sp³-hybridized carbons (Fsp3) is 0.0256. The van der Waals surface area contributed by atoms with Gasteiger partial charge in [-0.2, -0.15) is 0 Å². The van der Waals surface area contributed by atoms with Crippen LogP contribution in [-0.2, 0) is 0 Å². The zero-order valence-corrected chi connectivity index (χ0v) is 25.7. The van der Waals surface area contributed by atoms with Crippen LogP contribution in [0, 0.1) is 0 Å². The zero-order chi connectivity index (χ0) is 30.1. The molecule has 0 N–H and O–H groups in total. The molecular weight excluding hydrogens is 573 g/mol. The van der Waals surface area contributed by atoms with Crippen molar-refractivity contribution < 1.29 is 22.1 Å². The van der Waals surface area contributed by atoms with Gasteiger partial charge in [-0.25, -0.2) is 0 Å². The van der Waals surface area contributed by atoms with Gasteiger partial charge in [-0.3, -0.25) is 0 Å². The van der Waals surface area contributed by atoms with E-state index in [1.54, 1.807) is 7.11 Å². The normalized spacial score (nSPS) is 18.7. The summed E-state index contributed by atoms with van der Waals surface area (Å²) in [5.41, 5.74) is 5.97. The first-order valence-corrected chi connectivity index (χ1v) is 17.9. The molecule has 0 aromatic heterocycles. The van der Waals surface area contributed by atoms with Crippen molar-refractivity contribution in [2.24, 2.45) is 0 Å². The van der Waals surface area contributed by atoms with E-state index in [1.807, 2.05) is 36.4 Å². The molecule has 0 amide bonds. The summed E-state index contributed by atoms with van der Waals surface area (Å²) in [6.07, 6.45) is 2.23. The molecular formula is C39H30N2O3Si. The number of methoxy groups -OCH3 is 1. The number of ether oxygens (including phenoxy) is 1. The molecule has 0 atom stereocenters. The second-order valence-corrected chi connectivity index (χ2v) is 17.5. The molecule has 3 aliphatic heterocycles. The minimum atomic E-state index is -5.86. The molecule has 0 fully saturated rings. The number of nitrogens with zero attached hydrogens (tertiary/aromatic N) is 2. The van der Waals surface area contributed by atoms with E-state index in [0.29, 0.717) is 11.5 Å². The van der Waals surface area contributed by atoms with E-state index in [2.05, 4.69) is 136 Å². The van der Waals surface area contributed by atoms with Gasteiger partial charge in [-0.05, 0) is 0 Å². The van der Waals surface area contributed by atoms with Crippen LogP contribution in [0.3, 0.4) is 0 Å². The predicted molar refractivity (Wildman–Crippen MR) is 180 cm³/mol. The van der Waals surface area contributed by atoms with Gasteiger partial charge in [0.2, 0.25) is 0 Å². The Balaban J connectivity index is 1.66. The predicted octanol–water partition coefficient (Wildman–Crippen LogP) is 6.60. The van der Waals surface area contributed by atoms with Crippen LogP contribution in [0.2, 0.25) is 0 Å². The second-order valence-electron chi connectivity index (χ2n) is 11.9. The molecule has 3 heterocycles. The molecule has 0 saturated carbocycles. The SMILES string of the molecule is COc1ccc2c(c1)O[Si-2]13(c4ccccc4)(c4ccccc4)Oc4ccccc4C=[N+]1c1ccccc1[N+]3=C2c1ccccc1. The Morgan fingerprint density at radius 2 is 1.13 bits per heavy atom. The average Bonchev–Trinajstić information content (AvgIpc) is 3.36. The van der Waals surface area contributed by atoms with Crippen LogP contribution in [0.1, 0.15) is 16.7 Å². The Labute approximate surface area is 261 Å². The molecule has 9 rings (SSSR count). The summed E-state index contributed by atoms with van der Waals surface area (Å²) >= 11 is 0. The zero-order valence-electron chi connectivity index (χ0n) is 24.7. The van der Waals surface area contributed by atoms with Crippen molar-refractivity contribution in [3.8, 4) is 17.2 Å². The van der Waals surface area contributed by atoms with Crippen LogP contribution in [0.15, 0.2) is 158 Å². The van der Waals surface area contributed by atoms with Crippen molar-refractivity contribution in [1.82, 2.24) is 0 Å². The number of hydrogen-bond donors (Lipinski definition) is 0. The Hall–Kier alpha value is -5.72. The number of benzene rings is 6. The Kier molecular flexibility index (Phi) is 4.97. The fourth-order valence-corrected chi connectivity index (χ4v) is 16.5. The van der Waals surface area contributed by atoms with Gasteiger partial charge in [0.05, 0.1) is 0 Å². The topological polar surface area (TPSA) is 33.7 Å². The molecule has 5 nitrogen and oxygen atoms in total. The Morgan fingerprint density at radius 3 is 1.82 bits per heavy atom. The van der Waals surface area contributed by atoms with Gasteiger partial charge in [-0.15, -0.1) is 0 Å². The minimum absolute atomic E-state index is 0.687. The summed E-state index contributed by atoms with van der Waals surface area (Å²) in [6, 6.07) is 54.5. The molecule has 0 saturated heterocycles. The molecule has 6 aromatic carbocycles. The third-order valence-electron chi connectivity index (χ3n) is 9.85. The van der Waals surface area contributed by atoms with Crippen LogP contribution >= 0.6 is 0 Å². The molecule has 0 unspecified atom stereocenters. The van der Waals surface area contributed by atoms with Gasteiger partial charge < -0.3 is 0 Å². The Morgan fingerprint density at radius 1 is 0.556 bits per heavy atom. The first-order chi connectivity index (χ1) is 22.2. The number of fused-ring (bicyclic) bond motifs is 5. The summed E-state index contributed by atoms with van der Waals surface area (Å²) < 4.78 is 26.7. The molecule has 1 spiro atoms. The summed E-state index contributed by atoms with van der Waals surface area (Å²) in [7, 11) is -4.17. The maximum atomic E-state index is 8.08. The fourth-order valence-electron chi connectivity index (χ4n) is 8.10. The van der Waals surface area contributed by atoms with Gasteiger partial charge >= 0.3 is 262 Å². The van der Waals surface area contributed by atoms with Crippen molar-refractivity contribution in [3.05, 3.63) is 174 Å². The van der Waals surface area contributed by atoms with Crippen LogP contribution in [0.25, 0.3) is 0 Å². The summed E-state index contributed by atoms with van der Waals surface area (Å²) in [5, 5.41) is 1.87. The Bertz CT molecular complexity index is 2210. The van der Waals surface area contributed by atoms with Crippen LogP contribution in [0.4, 0.5) is 11.4 Å². The molecule has 3 aliphatic rings. The molecule has 6 heteroatoms. The van der Waals surface area contributed by atoms with E-state index in [-0.39, 0.29) is 0 Å². The first kappa shape index (κ1) is 25.7. The van der Waals surface area contributed by atoms with Crippen molar-refractivity contribution in [1.29, 1.82) is 0 Å². The molecule has 218 valence electrons. The van der Waals surface area contributed by atoms with Crippen LogP contribution in [0.5, 0.6) is 17.2 Å². The average molecular weight is 603 g/mol. The van der Waals surface area contributed by atoms with Gasteiger partial charge in [-0.1, -0.05) is 0 Å². The number of para-hydroxylation sites is 3. The molecule has 0 aliphatic carbocycles. The van der Waals surface area contributed by atoms with Crippen molar-refractivity contribution >= 4 is 41.1 Å². The first-order valence-electron chi connectivity index (χ1n) is 15.2. The standard InChI is InChI=1S/C39H30N2O3Si/c1-42-31-25-26-34-38(27-31)44-45(32-18-7-3-8-19-32,33-20-9-4-10-21-33)40(28-30-17-11-14-24-37(30)43-45)35-22-12-13-23-36(35)41(45)39(34)29-15-5-2-6-16-29/h2-28H,1H3. The van der Waals surface area contributed by atoms with Crippen LogP contribution in [-0.4, -0.2) is 35.0 Å². The maximum absolute atomic E-state index is 8.08. The third kappa shape index (κ3) is 2.84.